The summed E-state index contributed by atoms with van der Waals surface area (Å²) in [5.41, 5.74) is 1.36. The number of rotatable bonds is 0. The van der Waals surface area contributed by atoms with E-state index in [4.69, 9.17) is 12.2 Å². The molecule has 16 heavy (non-hydrogen) atoms. The van der Waals surface area contributed by atoms with Gasteiger partial charge < -0.3 is 10.6 Å². The summed E-state index contributed by atoms with van der Waals surface area (Å²) in [6.07, 6.45) is 3.42. The van der Waals surface area contributed by atoms with Crippen molar-refractivity contribution in [3.63, 3.8) is 0 Å². The SMILES string of the molecule is C[C@H]1CCC2=C(C1)S[C@@H]1NC(=S)NC(=O)[C@H]21. The van der Waals surface area contributed by atoms with Crippen LogP contribution < -0.4 is 10.6 Å². The minimum Gasteiger partial charge on any atom is -0.349 e. The molecule has 3 rings (SSSR count). The standard InChI is InChI=1S/C11H14N2OS2/c1-5-2-3-6-7(4-5)16-10-8(6)9(14)12-11(15)13-10/h5,8,10H,2-4H2,1H3,(H2,12,13,14,15)/t5-,8-,10-/m0/s1. The molecule has 1 saturated heterocycles. The van der Waals surface area contributed by atoms with Crippen molar-refractivity contribution < 1.29 is 4.79 Å². The number of hydrogen-bond acceptors (Lipinski definition) is 3. The van der Waals surface area contributed by atoms with E-state index in [0.717, 1.165) is 18.8 Å². The molecule has 3 nitrogen and oxygen atoms in total. The van der Waals surface area contributed by atoms with E-state index in [1.54, 1.807) is 0 Å². The summed E-state index contributed by atoms with van der Waals surface area (Å²) in [6.45, 7) is 2.28. The van der Waals surface area contributed by atoms with Crippen molar-refractivity contribution in [3.8, 4) is 0 Å². The van der Waals surface area contributed by atoms with Crippen LogP contribution in [0.3, 0.4) is 0 Å². The summed E-state index contributed by atoms with van der Waals surface area (Å²) in [6, 6.07) is 0. The first-order chi connectivity index (χ1) is 7.65. The van der Waals surface area contributed by atoms with Crippen molar-refractivity contribution in [1.29, 1.82) is 0 Å². The average molecular weight is 254 g/mol. The first-order valence-corrected chi connectivity index (χ1v) is 6.94. The van der Waals surface area contributed by atoms with Crippen LogP contribution in [0.2, 0.25) is 0 Å². The summed E-state index contributed by atoms with van der Waals surface area (Å²) in [5, 5.41) is 6.56. The Bertz CT molecular complexity index is 405. The molecule has 2 N–H and O–H groups in total. The zero-order chi connectivity index (χ0) is 11.3. The number of carbonyl (C=O) groups is 1. The Labute approximate surface area is 104 Å². The summed E-state index contributed by atoms with van der Waals surface area (Å²) in [4.78, 5) is 13.4. The molecule has 0 radical (unpaired) electrons. The van der Waals surface area contributed by atoms with Gasteiger partial charge in [0.25, 0.3) is 0 Å². The fraction of sp³-hybridized carbons (Fsp3) is 0.636. The fourth-order valence-electron chi connectivity index (χ4n) is 2.71. The predicted octanol–water partition coefficient (Wildman–Crippen LogP) is 1.75. The summed E-state index contributed by atoms with van der Waals surface area (Å²) in [7, 11) is 0. The molecular weight excluding hydrogens is 240 g/mol. The third-order valence-corrected chi connectivity index (χ3v) is 5.12. The van der Waals surface area contributed by atoms with Gasteiger partial charge in [-0.15, -0.1) is 11.8 Å². The van der Waals surface area contributed by atoms with Gasteiger partial charge in [0, 0.05) is 0 Å². The van der Waals surface area contributed by atoms with Crippen LogP contribution in [0, 0.1) is 11.8 Å². The fourth-order valence-corrected chi connectivity index (χ4v) is 4.68. The Morgan fingerprint density at radius 1 is 1.50 bits per heavy atom. The van der Waals surface area contributed by atoms with Crippen molar-refractivity contribution in [1.82, 2.24) is 10.6 Å². The lowest BCUT2D eigenvalue weighted by Crippen LogP contribution is -2.55. The highest BCUT2D eigenvalue weighted by Gasteiger charge is 2.44. The molecule has 3 atom stereocenters. The number of carbonyl (C=O) groups excluding carboxylic acids is 1. The van der Waals surface area contributed by atoms with Gasteiger partial charge in [-0.3, -0.25) is 4.79 Å². The maximum Gasteiger partial charge on any atom is 0.236 e. The van der Waals surface area contributed by atoms with E-state index in [9.17, 15) is 4.79 Å². The molecule has 0 aromatic rings. The largest absolute Gasteiger partial charge is 0.349 e. The van der Waals surface area contributed by atoms with E-state index in [2.05, 4.69) is 17.6 Å². The van der Waals surface area contributed by atoms with Crippen LogP contribution in [-0.4, -0.2) is 16.4 Å². The number of fused-ring (bicyclic) bond motifs is 2. The van der Waals surface area contributed by atoms with E-state index in [0.29, 0.717) is 5.11 Å². The average Bonchev–Trinajstić information content (AvgIpc) is 2.54. The second kappa shape index (κ2) is 3.74. The predicted molar refractivity (Wildman–Crippen MR) is 68.8 cm³/mol. The van der Waals surface area contributed by atoms with Crippen LogP contribution in [0.25, 0.3) is 0 Å². The molecular formula is C11H14N2OS2. The van der Waals surface area contributed by atoms with Gasteiger partial charge in [-0.1, -0.05) is 6.92 Å². The lowest BCUT2D eigenvalue weighted by atomic mass is 9.84. The summed E-state index contributed by atoms with van der Waals surface area (Å²) < 4.78 is 0. The maximum absolute atomic E-state index is 11.9. The number of thioether (sulfide) groups is 1. The van der Waals surface area contributed by atoms with Gasteiger partial charge >= 0.3 is 0 Å². The molecule has 5 heteroatoms. The molecule has 3 aliphatic rings. The smallest absolute Gasteiger partial charge is 0.236 e. The topological polar surface area (TPSA) is 41.1 Å². The minimum atomic E-state index is 0.0131. The zero-order valence-corrected chi connectivity index (χ0v) is 10.7. The highest BCUT2D eigenvalue weighted by molar-refractivity contribution is 8.04. The first-order valence-electron chi connectivity index (χ1n) is 5.65. The lowest BCUT2D eigenvalue weighted by Gasteiger charge is -2.29. The number of nitrogens with one attached hydrogen (secondary N) is 2. The number of hydrogen-bond donors (Lipinski definition) is 2. The normalized spacial score (nSPS) is 37.7. The Hall–Kier alpha value is -0.550. The minimum absolute atomic E-state index is 0.0131. The molecule has 0 saturated carbocycles. The van der Waals surface area contributed by atoms with E-state index in [-0.39, 0.29) is 17.2 Å². The molecule has 0 spiro atoms. The second-order valence-electron chi connectivity index (χ2n) is 4.78. The van der Waals surface area contributed by atoms with Gasteiger partial charge in [-0.05, 0) is 47.9 Å². The Kier molecular flexibility index (Phi) is 2.47. The van der Waals surface area contributed by atoms with Gasteiger partial charge in [-0.25, -0.2) is 0 Å². The second-order valence-corrected chi connectivity index (χ2v) is 6.42. The van der Waals surface area contributed by atoms with Crippen LogP contribution in [0.15, 0.2) is 10.5 Å². The van der Waals surface area contributed by atoms with Crippen LogP contribution >= 0.6 is 24.0 Å². The number of allylic oxidation sites excluding steroid dienone is 1. The third kappa shape index (κ3) is 1.57. The molecule has 1 fully saturated rings. The molecule has 0 bridgehead atoms. The van der Waals surface area contributed by atoms with Crippen molar-refractivity contribution in [2.45, 2.75) is 31.6 Å². The highest BCUT2D eigenvalue weighted by atomic mass is 32.2. The molecule has 0 unspecified atom stereocenters. The van der Waals surface area contributed by atoms with E-state index < -0.39 is 0 Å². The molecule has 2 aliphatic heterocycles. The molecule has 2 heterocycles. The summed E-state index contributed by atoms with van der Waals surface area (Å²) >= 11 is 6.83. The molecule has 1 aliphatic carbocycles. The molecule has 0 aromatic heterocycles. The van der Waals surface area contributed by atoms with Crippen molar-refractivity contribution >= 4 is 35.0 Å². The van der Waals surface area contributed by atoms with E-state index >= 15 is 0 Å². The monoisotopic (exact) mass is 254 g/mol. The third-order valence-electron chi connectivity index (χ3n) is 3.54. The Morgan fingerprint density at radius 2 is 2.31 bits per heavy atom. The van der Waals surface area contributed by atoms with Crippen molar-refractivity contribution in [2.75, 3.05) is 0 Å². The van der Waals surface area contributed by atoms with E-state index in [1.165, 1.54) is 16.9 Å². The Morgan fingerprint density at radius 3 is 3.12 bits per heavy atom. The maximum atomic E-state index is 11.9. The molecule has 0 aromatic carbocycles. The molecule has 1 amide bonds. The van der Waals surface area contributed by atoms with Gasteiger partial charge in [0.15, 0.2) is 5.11 Å². The van der Waals surface area contributed by atoms with Crippen molar-refractivity contribution in [3.05, 3.63) is 10.5 Å². The number of amides is 1. The van der Waals surface area contributed by atoms with E-state index in [1.807, 2.05) is 11.8 Å². The van der Waals surface area contributed by atoms with Gasteiger partial charge in [-0.2, -0.15) is 0 Å². The molecule has 86 valence electrons. The van der Waals surface area contributed by atoms with Crippen LogP contribution in [0.4, 0.5) is 0 Å². The van der Waals surface area contributed by atoms with Crippen LogP contribution in [-0.2, 0) is 4.79 Å². The van der Waals surface area contributed by atoms with Crippen LogP contribution in [0.5, 0.6) is 0 Å². The quantitative estimate of drug-likeness (QED) is 0.646. The highest BCUT2D eigenvalue weighted by Crippen LogP contribution is 2.49. The zero-order valence-electron chi connectivity index (χ0n) is 9.08. The summed E-state index contributed by atoms with van der Waals surface area (Å²) in [5.74, 6) is 0.849. The first kappa shape index (κ1) is 10.6. The Balaban J connectivity index is 1.90. The van der Waals surface area contributed by atoms with Gasteiger partial charge in [0.1, 0.15) is 0 Å². The lowest BCUT2D eigenvalue weighted by molar-refractivity contribution is -0.123. The van der Waals surface area contributed by atoms with Gasteiger partial charge in [0.05, 0.1) is 11.3 Å². The number of thiocarbonyl (C=S) groups is 1. The van der Waals surface area contributed by atoms with Gasteiger partial charge in [0.2, 0.25) is 5.91 Å². The van der Waals surface area contributed by atoms with Crippen LogP contribution in [0.1, 0.15) is 26.2 Å². The van der Waals surface area contributed by atoms with Crippen molar-refractivity contribution in [2.24, 2.45) is 11.8 Å².